The summed E-state index contributed by atoms with van der Waals surface area (Å²) in [5, 5.41) is 10.8. The van der Waals surface area contributed by atoms with Gasteiger partial charge in [0.05, 0.1) is 23.8 Å². The number of ether oxygens (including phenoxy) is 1. The molecule has 1 aliphatic rings. The Morgan fingerprint density at radius 3 is 2.17 bits per heavy atom. The fraction of sp³-hybridized carbons (Fsp3) is 0.130. The van der Waals surface area contributed by atoms with Gasteiger partial charge in [0.15, 0.2) is 5.78 Å². The molecule has 0 spiro atoms. The molecule has 1 aliphatic carbocycles. The van der Waals surface area contributed by atoms with Crippen molar-refractivity contribution in [2.24, 2.45) is 0 Å². The summed E-state index contributed by atoms with van der Waals surface area (Å²) in [5.74, 6) is -1.08. The van der Waals surface area contributed by atoms with Crippen molar-refractivity contribution in [2.75, 3.05) is 7.11 Å². The van der Waals surface area contributed by atoms with E-state index in [1.165, 1.54) is 37.4 Å². The van der Waals surface area contributed by atoms with E-state index in [1.54, 1.807) is 12.1 Å². The van der Waals surface area contributed by atoms with Crippen LogP contribution in [0.4, 0.5) is 13.2 Å². The molecular weight excluding hydrogens is 397 g/mol. The number of alkyl halides is 3. The molecule has 0 unspecified atom stereocenters. The normalized spacial score (nSPS) is 13.1. The van der Waals surface area contributed by atoms with E-state index in [-0.39, 0.29) is 40.2 Å². The van der Waals surface area contributed by atoms with Crippen LogP contribution in [0.25, 0.3) is 0 Å². The molecule has 152 valence electrons. The largest absolute Gasteiger partial charge is 0.507 e. The average Bonchev–Trinajstić information content (AvgIpc) is 2.72. The monoisotopic (exact) mass is 412 g/mol. The fourth-order valence-corrected chi connectivity index (χ4v) is 3.62. The van der Waals surface area contributed by atoms with Gasteiger partial charge in [-0.05, 0) is 35.4 Å². The average molecular weight is 412 g/mol. The molecule has 0 fully saturated rings. The van der Waals surface area contributed by atoms with E-state index in [2.05, 4.69) is 0 Å². The van der Waals surface area contributed by atoms with Gasteiger partial charge in [0.2, 0.25) is 5.78 Å². The molecule has 0 radical (unpaired) electrons. The molecule has 0 aromatic heterocycles. The molecule has 0 saturated carbocycles. The Kier molecular flexibility index (Phi) is 4.61. The highest BCUT2D eigenvalue weighted by Crippen LogP contribution is 2.39. The van der Waals surface area contributed by atoms with E-state index >= 15 is 0 Å². The summed E-state index contributed by atoms with van der Waals surface area (Å²) in [6, 6.07) is 12.2. The first kappa shape index (κ1) is 19.7. The van der Waals surface area contributed by atoms with Crippen LogP contribution in [0.5, 0.6) is 11.5 Å². The van der Waals surface area contributed by atoms with Crippen LogP contribution in [0.3, 0.4) is 0 Å². The van der Waals surface area contributed by atoms with Crippen molar-refractivity contribution in [2.45, 2.75) is 12.6 Å². The number of hydrogen-bond donors (Lipinski definition) is 1. The van der Waals surface area contributed by atoms with Crippen molar-refractivity contribution < 1.29 is 32.6 Å². The van der Waals surface area contributed by atoms with Crippen LogP contribution >= 0.6 is 0 Å². The highest BCUT2D eigenvalue weighted by atomic mass is 19.4. The lowest BCUT2D eigenvalue weighted by atomic mass is 9.81. The summed E-state index contributed by atoms with van der Waals surface area (Å²) >= 11 is 0. The molecule has 7 heteroatoms. The van der Waals surface area contributed by atoms with Gasteiger partial charge in [-0.15, -0.1) is 0 Å². The Hall–Kier alpha value is -3.61. The number of aromatic hydroxyl groups is 1. The maximum absolute atomic E-state index is 13.1. The van der Waals surface area contributed by atoms with Gasteiger partial charge in [-0.1, -0.05) is 30.3 Å². The minimum absolute atomic E-state index is 0.0782. The van der Waals surface area contributed by atoms with Crippen molar-refractivity contribution in [1.29, 1.82) is 0 Å². The topological polar surface area (TPSA) is 63.6 Å². The van der Waals surface area contributed by atoms with Crippen LogP contribution in [0.15, 0.2) is 54.6 Å². The van der Waals surface area contributed by atoms with E-state index < -0.39 is 23.3 Å². The van der Waals surface area contributed by atoms with Crippen LogP contribution in [-0.2, 0) is 12.6 Å². The maximum atomic E-state index is 13.1. The molecule has 0 aliphatic heterocycles. The lowest BCUT2D eigenvalue weighted by Gasteiger charge is -2.21. The predicted molar refractivity (Wildman–Crippen MR) is 102 cm³/mol. The second-order valence-electron chi connectivity index (χ2n) is 6.91. The van der Waals surface area contributed by atoms with Crippen molar-refractivity contribution in [3.05, 3.63) is 93.5 Å². The minimum Gasteiger partial charge on any atom is -0.507 e. The molecule has 0 atom stereocenters. The number of benzene rings is 3. The number of methoxy groups -OCH3 is 1. The molecule has 0 heterocycles. The second-order valence-corrected chi connectivity index (χ2v) is 6.91. The predicted octanol–water partition coefficient (Wildman–Crippen LogP) is 4.79. The molecule has 3 aromatic rings. The standard InChI is InChI=1S/C23H15F3O4/c1-30-17-4-2-3-15-18(17)22(29)19-16(21(15)28)10-7-13(20(19)27)11-12-5-8-14(9-6-12)23(24,25)26/h2-10,27H,11H2,1H3. The number of rotatable bonds is 3. The van der Waals surface area contributed by atoms with E-state index in [0.717, 1.165) is 12.1 Å². The summed E-state index contributed by atoms with van der Waals surface area (Å²) < 4.78 is 43.4. The SMILES string of the molecule is COc1cccc2c1C(=O)c1c(ccc(Cc3ccc(C(F)(F)F)cc3)c1O)C2=O. The van der Waals surface area contributed by atoms with Crippen LogP contribution < -0.4 is 4.74 Å². The van der Waals surface area contributed by atoms with Crippen LogP contribution in [0, 0.1) is 0 Å². The molecule has 30 heavy (non-hydrogen) atoms. The van der Waals surface area contributed by atoms with Gasteiger partial charge in [-0.2, -0.15) is 13.2 Å². The Morgan fingerprint density at radius 2 is 1.53 bits per heavy atom. The number of ketones is 2. The van der Waals surface area contributed by atoms with Gasteiger partial charge in [-0.25, -0.2) is 0 Å². The van der Waals surface area contributed by atoms with Crippen LogP contribution in [0.1, 0.15) is 48.5 Å². The first-order chi connectivity index (χ1) is 14.2. The third-order valence-electron chi connectivity index (χ3n) is 5.13. The number of halogens is 3. The molecule has 0 bridgehead atoms. The van der Waals surface area contributed by atoms with E-state index in [4.69, 9.17) is 4.74 Å². The summed E-state index contributed by atoms with van der Waals surface area (Å²) in [5.41, 5.74) is 0.307. The number of phenols is 1. The van der Waals surface area contributed by atoms with Gasteiger partial charge in [0.1, 0.15) is 11.5 Å². The number of hydrogen-bond acceptors (Lipinski definition) is 4. The minimum atomic E-state index is -4.44. The molecule has 0 saturated heterocycles. The van der Waals surface area contributed by atoms with Gasteiger partial charge < -0.3 is 9.84 Å². The molecule has 0 amide bonds. The fourth-order valence-electron chi connectivity index (χ4n) is 3.62. The Bertz CT molecular complexity index is 1180. The van der Waals surface area contributed by atoms with Crippen molar-refractivity contribution in [3.8, 4) is 11.5 Å². The van der Waals surface area contributed by atoms with Gasteiger partial charge in [-0.3, -0.25) is 9.59 Å². The number of phenolic OH excluding ortho intramolecular Hbond substituents is 1. The summed E-state index contributed by atoms with van der Waals surface area (Å²) in [6.45, 7) is 0. The molecular formula is C23H15F3O4. The van der Waals surface area contributed by atoms with Crippen LogP contribution in [-0.4, -0.2) is 23.8 Å². The first-order valence-electron chi connectivity index (χ1n) is 8.99. The van der Waals surface area contributed by atoms with E-state index in [9.17, 15) is 27.9 Å². The second kappa shape index (κ2) is 7.02. The van der Waals surface area contributed by atoms with E-state index in [1.807, 2.05) is 0 Å². The van der Waals surface area contributed by atoms with Gasteiger partial charge in [0, 0.05) is 17.5 Å². The Balaban J connectivity index is 1.75. The van der Waals surface area contributed by atoms with Crippen molar-refractivity contribution in [1.82, 2.24) is 0 Å². The zero-order valence-electron chi connectivity index (χ0n) is 15.7. The Morgan fingerprint density at radius 1 is 0.867 bits per heavy atom. The lowest BCUT2D eigenvalue weighted by molar-refractivity contribution is -0.137. The smallest absolute Gasteiger partial charge is 0.416 e. The van der Waals surface area contributed by atoms with Crippen molar-refractivity contribution in [3.63, 3.8) is 0 Å². The summed E-state index contributed by atoms with van der Waals surface area (Å²) in [6.07, 6.45) is -4.34. The number of carbonyl (C=O) groups excluding carboxylic acids is 2. The first-order valence-corrected chi connectivity index (χ1v) is 8.99. The highest BCUT2D eigenvalue weighted by Gasteiger charge is 2.35. The maximum Gasteiger partial charge on any atom is 0.416 e. The van der Waals surface area contributed by atoms with Gasteiger partial charge in [0.25, 0.3) is 0 Å². The van der Waals surface area contributed by atoms with E-state index in [0.29, 0.717) is 11.1 Å². The number of carbonyl (C=O) groups is 2. The third kappa shape index (κ3) is 3.12. The summed E-state index contributed by atoms with van der Waals surface area (Å²) in [4.78, 5) is 25.9. The number of fused-ring (bicyclic) bond motifs is 2. The highest BCUT2D eigenvalue weighted by molar-refractivity contribution is 6.30. The molecule has 4 rings (SSSR count). The zero-order chi connectivity index (χ0) is 21.6. The quantitative estimate of drug-likeness (QED) is 0.526. The zero-order valence-corrected chi connectivity index (χ0v) is 15.7. The van der Waals surface area contributed by atoms with Crippen molar-refractivity contribution >= 4 is 11.6 Å². The van der Waals surface area contributed by atoms with Gasteiger partial charge >= 0.3 is 6.18 Å². The third-order valence-corrected chi connectivity index (χ3v) is 5.13. The summed E-state index contributed by atoms with van der Waals surface area (Å²) in [7, 11) is 1.38. The Labute approximate surface area is 169 Å². The molecule has 1 N–H and O–H groups in total. The molecule has 3 aromatic carbocycles. The van der Waals surface area contributed by atoms with Crippen LogP contribution in [0.2, 0.25) is 0 Å². The molecule has 4 nitrogen and oxygen atoms in total. The lowest BCUT2D eigenvalue weighted by Crippen LogP contribution is -2.22.